The van der Waals surface area contributed by atoms with Crippen molar-refractivity contribution >= 4 is 16.5 Å². The van der Waals surface area contributed by atoms with Crippen LogP contribution in [0.15, 0.2) is 0 Å². The molecule has 1 fully saturated rings. The molecular formula is C16H29N3S. The molecule has 3 nitrogen and oxygen atoms in total. The van der Waals surface area contributed by atoms with Gasteiger partial charge in [0, 0.05) is 24.0 Å². The largest absolute Gasteiger partial charge is 0.345 e. The second kappa shape index (κ2) is 7.99. The van der Waals surface area contributed by atoms with Crippen molar-refractivity contribution in [2.24, 2.45) is 0 Å². The third kappa shape index (κ3) is 3.73. The van der Waals surface area contributed by atoms with Gasteiger partial charge in [-0.1, -0.05) is 20.8 Å². The van der Waals surface area contributed by atoms with E-state index in [1.54, 1.807) is 0 Å². The summed E-state index contributed by atoms with van der Waals surface area (Å²) in [6.07, 6.45) is 7.51. The van der Waals surface area contributed by atoms with Gasteiger partial charge in [-0.25, -0.2) is 4.98 Å². The maximum atomic E-state index is 4.93. The van der Waals surface area contributed by atoms with E-state index < -0.39 is 0 Å². The van der Waals surface area contributed by atoms with Gasteiger partial charge in [0.25, 0.3) is 0 Å². The average Bonchev–Trinajstić information content (AvgIpc) is 2.90. The molecule has 1 aromatic heterocycles. The van der Waals surface area contributed by atoms with Crippen molar-refractivity contribution in [3.05, 3.63) is 10.6 Å². The molecule has 114 valence electrons. The lowest BCUT2D eigenvalue weighted by Gasteiger charge is -2.35. The van der Waals surface area contributed by atoms with Gasteiger partial charge in [-0.2, -0.15) is 0 Å². The first-order chi connectivity index (χ1) is 9.80. The molecule has 4 heteroatoms. The van der Waals surface area contributed by atoms with Crippen LogP contribution in [0, 0.1) is 0 Å². The van der Waals surface area contributed by atoms with Crippen LogP contribution in [-0.4, -0.2) is 24.1 Å². The molecule has 0 bridgehead atoms. The predicted octanol–water partition coefficient (Wildman–Crippen LogP) is 3.97. The van der Waals surface area contributed by atoms with Crippen LogP contribution >= 0.6 is 11.3 Å². The van der Waals surface area contributed by atoms with Crippen LogP contribution in [0.3, 0.4) is 0 Å². The van der Waals surface area contributed by atoms with Crippen molar-refractivity contribution in [2.75, 3.05) is 18.0 Å². The number of aromatic nitrogens is 1. The molecule has 1 N–H and O–H groups in total. The molecule has 1 aromatic rings. The Labute approximate surface area is 127 Å². The Hall–Kier alpha value is -0.610. The fourth-order valence-electron chi connectivity index (χ4n) is 2.96. The maximum absolute atomic E-state index is 4.93. The molecule has 0 aromatic carbocycles. The van der Waals surface area contributed by atoms with E-state index in [4.69, 9.17) is 4.98 Å². The second-order valence-corrected chi connectivity index (χ2v) is 6.71. The minimum atomic E-state index is 0.705. The van der Waals surface area contributed by atoms with Gasteiger partial charge in [-0.3, -0.25) is 0 Å². The van der Waals surface area contributed by atoms with Crippen molar-refractivity contribution in [3.63, 3.8) is 0 Å². The summed E-state index contributed by atoms with van der Waals surface area (Å²) >= 11 is 1.91. The third-order valence-corrected chi connectivity index (χ3v) is 5.29. The van der Waals surface area contributed by atoms with E-state index >= 15 is 0 Å². The number of aryl methyl sites for hydroxylation is 1. The molecule has 0 aliphatic carbocycles. The minimum Gasteiger partial charge on any atom is -0.345 e. The van der Waals surface area contributed by atoms with Gasteiger partial charge in [0.15, 0.2) is 5.13 Å². The van der Waals surface area contributed by atoms with Gasteiger partial charge in [-0.05, 0) is 45.1 Å². The Balaban J connectivity index is 2.10. The summed E-state index contributed by atoms with van der Waals surface area (Å²) in [6, 6.07) is 0.705. The van der Waals surface area contributed by atoms with Crippen molar-refractivity contribution < 1.29 is 0 Å². The SMILES string of the molecule is CCCNCc1sc(N2CCCCC2CC)nc1CC. The number of nitrogens with one attached hydrogen (secondary N) is 1. The first kappa shape index (κ1) is 15.8. The zero-order chi connectivity index (χ0) is 14.4. The first-order valence-electron chi connectivity index (χ1n) is 8.26. The molecule has 1 aliphatic rings. The molecule has 1 aliphatic heterocycles. The first-order valence-corrected chi connectivity index (χ1v) is 9.07. The molecule has 1 atom stereocenters. The summed E-state index contributed by atoms with van der Waals surface area (Å²) in [5, 5.41) is 4.78. The molecule has 2 rings (SSSR count). The number of hydrogen-bond donors (Lipinski definition) is 1. The summed E-state index contributed by atoms with van der Waals surface area (Å²) in [5.74, 6) is 0. The van der Waals surface area contributed by atoms with Crippen molar-refractivity contribution in [2.45, 2.75) is 71.9 Å². The monoisotopic (exact) mass is 295 g/mol. The summed E-state index contributed by atoms with van der Waals surface area (Å²) in [6.45, 7) is 10.0. The van der Waals surface area contributed by atoms with Gasteiger partial charge in [0.1, 0.15) is 0 Å². The van der Waals surface area contributed by atoms with E-state index in [1.807, 2.05) is 11.3 Å². The number of hydrogen-bond acceptors (Lipinski definition) is 4. The lowest BCUT2D eigenvalue weighted by atomic mass is 10.0. The fraction of sp³-hybridized carbons (Fsp3) is 0.812. The van der Waals surface area contributed by atoms with Crippen molar-refractivity contribution in [3.8, 4) is 0 Å². The van der Waals surface area contributed by atoms with Gasteiger partial charge in [-0.15, -0.1) is 11.3 Å². The van der Waals surface area contributed by atoms with E-state index in [-0.39, 0.29) is 0 Å². The Bertz CT molecular complexity index is 402. The summed E-state index contributed by atoms with van der Waals surface area (Å²) < 4.78 is 0. The van der Waals surface area contributed by atoms with Crippen LogP contribution in [0.2, 0.25) is 0 Å². The maximum Gasteiger partial charge on any atom is 0.186 e. The van der Waals surface area contributed by atoms with Crippen molar-refractivity contribution in [1.29, 1.82) is 0 Å². The van der Waals surface area contributed by atoms with E-state index in [0.717, 1.165) is 19.5 Å². The molecule has 0 spiro atoms. The van der Waals surface area contributed by atoms with Crippen LogP contribution in [0.25, 0.3) is 0 Å². The summed E-state index contributed by atoms with van der Waals surface area (Å²) in [4.78, 5) is 8.94. The van der Waals surface area contributed by atoms with E-state index in [0.29, 0.717) is 6.04 Å². The fourth-order valence-corrected chi connectivity index (χ4v) is 4.18. The molecule has 1 saturated heterocycles. The van der Waals surface area contributed by atoms with Crippen LogP contribution in [-0.2, 0) is 13.0 Å². The molecule has 2 heterocycles. The standard InChI is InChI=1S/C16H29N3S/c1-4-10-17-12-15-14(6-3)18-16(20-15)19-11-8-7-9-13(19)5-2/h13,17H,4-12H2,1-3H3. The van der Waals surface area contributed by atoms with E-state index in [1.165, 1.54) is 54.4 Å². The molecule has 20 heavy (non-hydrogen) atoms. The highest BCUT2D eigenvalue weighted by atomic mass is 32.1. The van der Waals surface area contributed by atoms with E-state index in [2.05, 4.69) is 31.0 Å². The number of anilines is 1. The third-order valence-electron chi connectivity index (χ3n) is 4.16. The number of piperidine rings is 1. The number of thiazole rings is 1. The van der Waals surface area contributed by atoms with E-state index in [9.17, 15) is 0 Å². The summed E-state index contributed by atoms with van der Waals surface area (Å²) in [7, 11) is 0. The quantitative estimate of drug-likeness (QED) is 0.771. The normalized spacial score (nSPS) is 19.6. The van der Waals surface area contributed by atoms with Crippen molar-refractivity contribution in [1.82, 2.24) is 10.3 Å². The van der Waals surface area contributed by atoms with Crippen LogP contribution < -0.4 is 10.2 Å². The average molecular weight is 295 g/mol. The Morgan fingerprint density at radius 1 is 1.30 bits per heavy atom. The smallest absolute Gasteiger partial charge is 0.186 e. The van der Waals surface area contributed by atoms with Gasteiger partial charge < -0.3 is 10.2 Å². The number of nitrogens with zero attached hydrogens (tertiary/aromatic N) is 2. The molecular weight excluding hydrogens is 266 g/mol. The minimum absolute atomic E-state index is 0.705. The van der Waals surface area contributed by atoms with Gasteiger partial charge >= 0.3 is 0 Å². The molecule has 1 unspecified atom stereocenters. The highest BCUT2D eigenvalue weighted by Crippen LogP contribution is 2.32. The Morgan fingerprint density at radius 3 is 2.85 bits per heavy atom. The Kier molecular flexibility index (Phi) is 6.30. The van der Waals surface area contributed by atoms with Crippen LogP contribution in [0.5, 0.6) is 0 Å². The van der Waals surface area contributed by atoms with Gasteiger partial charge in [0.05, 0.1) is 5.69 Å². The predicted molar refractivity (Wildman–Crippen MR) is 88.8 cm³/mol. The zero-order valence-electron chi connectivity index (χ0n) is 13.2. The van der Waals surface area contributed by atoms with Crippen LogP contribution in [0.1, 0.15) is 63.4 Å². The zero-order valence-corrected chi connectivity index (χ0v) is 14.1. The Morgan fingerprint density at radius 2 is 2.15 bits per heavy atom. The highest BCUT2D eigenvalue weighted by Gasteiger charge is 2.24. The van der Waals surface area contributed by atoms with Gasteiger partial charge in [0.2, 0.25) is 0 Å². The molecule has 0 radical (unpaired) electrons. The summed E-state index contributed by atoms with van der Waals surface area (Å²) in [5.41, 5.74) is 1.30. The topological polar surface area (TPSA) is 28.2 Å². The second-order valence-electron chi connectivity index (χ2n) is 5.65. The van der Waals surface area contributed by atoms with Crippen LogP contribution in [0.4, 0.5) is 5.13 Å². The highest BCUT2D eigenvalue weighted by molar-refractivity contribution is 7.15. The molecule has 0 saturated carbocycles. The number of rotatable bonds is 7. The lowest BCUT2D eigenvalue weighted by molar-refractivity contribution is 0.449. The molecule has 0 amide bonds. The lowest BCUT2D eigenvalue weighted by Crippen LogP contribution is -2.39.